The first-order valence-electron chi connectivity index (χ1n) is 7.71. The maximum Gasteiger partial charge on any atom is 0.253 e. The van der Waals surface area contributed by atoms with Crippen molar-refractivity contribution in [3.05, 3.63) is 71.0 Å². The molecule has 120 valence electrons. The number of carbonyl (C=O) groups excluding carboxylic acids is 1. The lowest BCUT2D eigenvalue weighted by Gasteiger charge is -2.39. The Kier molecular flexibility index (Phi) is 3.78. The molecule has 0 saturated carbocycles. The van der Waals surface area contributed by atoms with Gasteiger partial charge in [-0.05, 0) is 29.8 Å². The monoisotopic (exact) mass is 338 g/mol. The van der Waals surface area contributed by atoms with Gasteiger partial charge in [-0.15, -0.1) is 0 Å². The maximum atomic E-state index is 12.6. The fourth-order valence-corrected chi connectivity index (χ4v) is 3.04. The number of benzene rings is 2. The SMILES string of the molecule is O=C(c1cccc(-c2ncn[nH]2)c1)N1CC(c2ccc(Cl)cc2)C1. The Morgan fingerprint density at radius 3 is 2.67 bits per heavy atom. The average molecular weight is 339 g/mol. The molecule has 1 aliphatic heterocycles. The number of aromatic amines is 1. The number of H-pyrrole nitrogens is 1. The van der Waals surface area contributed by atoms with Crippen LogP contribution in [0.5, 0.6) is 0 Å². The molecule has 2 aromatic carbocycles. The second-order valence-electron chi connectivity index (χ2n) is 5.87. The third-order valence-corrected chi connectivity index (χ3v) is 4.56. The number of likely N-dealkylation sites (tertiary alicyclic amines) is 1. The smallest absolute Gasteiger partial charge is 0.253 e. The molecule has 1 amide bonds. The summed E-state index contributed by atoms with van der Waals surface area (Å²) in [5, 5.41) is 7.39. The molecule has 1 aromatic heterocycles. The van der Waals surface area contributed by atoms with Crippen LogP contribution in [0.4, 0.5) is 0 Å². The molecule has 0 bridgehead atoms. The minimum atomic E-state index is 0.0431. The molecule has 0 radical (unpaired) electrons. The fraction of sp³-hybridized carbons (Fsp3) is 0.167. The van der Waals surface area contributed by atoms with E-state index in [0.717, 1.165) is 23.7 Å². The molecule has 5 nitrogen and oxygen atoms in total. The summed E-state index contributed by atoms with van der Waals surface area (Å²) in [6.07, 6.45) is 1.45. The highest BCUT2D eigenvalue weighted by atomic mass is 35.5. The van der Waals surface area contributed by atoms with Gasteiger partial charge in [0, 0.05) is 35.2 Å². The lowest BCUT2D eigenvalue weighted by molar-refractivity contribution is 0.0602. The number of nitrogens with one attached hydrogen (secondary N) is 1. The van der Waals surface area contributed by atoms with Crippen LogP contribution in [0.3, 0.4) is 0 Å². The van der Waals surface area contributed by atoms with Crippen LogP contribution in [0.2, 0.25) is 5.02 Å². The Morgan fingerprint density at radius 2 is 1.96 bits per heavy atom. The van der Waals surface area contributed by atoms with Crippen LogP contribution in [-0.4, -0.2) is 39.1 Å². The standard InChI is InChI=1S/C18H15ClN4O/c19-16-6-4-12(5-7-16)15-9-23(10-15)18(24)14-3-1-2-13(8-14)17-20-11-21-22-17/h1-8,11,15H,9-10H2,(H,20,21,22). The van der Waals surface area contributed by atoms with Crippen molar-refractivity contribution in [3.8, 4) is 11.4 Å². The second kappa shape index (κ2) is 6.09. The highest BCUT2D eigenvalue weighted by molar-refractivity contribution is 6.30. The Labute approximate surface area is 144 Å². The van der Waals surface area contributed by atoms with E-state index in [1.165, 1.54) is 11.9 Å². The summed E-state index contributed by atoms with van der Waals surface area (Å²) < 4.78 is 0. The van der Waals surface area contributed by atoms with Crippen LogP contribution < -0.4 is 0 Å². The lowest BCUT2D eigenvalue weighted by Crippen LogP contribution is -2.48. The number of carbonyl (C=O) groups is 1. The third kappa shape index (κ3) is 2.78. The topological polar surface area (TPSA) is 61.9 Å². The minimum Gasteiger partial charge on any atom is -0.337 e. The summed E-state index contributed by atoms with van der Waals surface area (Å²) >= 11 is 5.92. The van der Waals surface area contributed by atoms with E-state index in [0.29, 0.717) is 17.3 Å². The molecule has 1 saturated heterocycles. The van der Waals surface area contributed by atoms with Crippen molar-refractivity contribution in [2.24, 2.45) is 0 Å². The predicted octanol–water partition coefficient (Wildman–Crippen LogP) is 3.36. The van der Waals surface area contributed by atoms with Gasteiger partial charge in [0.1, 0.15) is 6.33 Å². The minimum absolute atomic E-state index is 0.0431. The molecule has 0 atom stereocenters. The molecule has 0 unspecified atom stereocenters. The molecule has 1 N–H and O–H groups in total. The van der Waals surface area contributed by atoms with Gasteiger partial charge in [-0.3, -0.25) is 9.89 Å². The zero-order valence-corrected chi connectivity index (χ0v) is 13.6. The van der Waals surface area contributed by atoms with Crippen molar-refractivity contribution in [2.75, 3.05) is 13.1 Å². The lowest BCUT2D eigenvalue weighted by atomic mass is 9.91. The van der Waals surface area contributed by atoms with Crippen LogP contribution in [-0.2, 0) is 0 Å². The first-order chi connectivity index (χ1) is 11.7. The molecule has 1 fully saturated rings. The first-order valence-corrected chi connectivity index (χ1v) is 8.09. The van der Waals surface area contributed by atoms with Crippen LogP contribution in [0.25, 0.3) is 11.4 Å². The first kappa shape index (κ1) is 14.9. The second-order valence-corrected chi connectivity index (χ2v) is 6.31. The number of rotatable bonds is 3. The van der Waals surface area contributed by atoms with Crippen molar-refractivity contribution in [1.82, 2.24) is 20.1 Å². The summed E-state index contributed by atoms with van der Waals surface area (Å²) in [6, 6.07) is 15.3. The third-order valence-electron chi connectivity index (χ3n) is 4.31. The molecule has 1 aliphatic rings. The molecular weight excluding hydrogens is 324 g/mol. The van der Waals surface area contributed by atoms with Gasteiger partial charge >= 0.3 is 0 Å². The summed E-state index contributed by atoms with van der Waals surface area (Å²) in [4.78, 5) is 18.6. The summed E-state index contributed by atoms with van der Waals surface area (Å²) in [5.41, 5.74) is 2.74. The zero-order chi connectivity index (χ0) is 16.5. The largest absolute Gasteiger partial charge is 0.337 e. The number of amides is 1. The summed E-state index contributed by atoms with van der Waals surface area (Å²) in [7, 11) is 0. The summed E-state index contributed by atoms with van der Waals surface area (Å²) in [5.74, 6) is 1.08. The number of halogens is 1. The highest BCUT2D eigenvalue weighted by Gasteiger charge is 2.32. The van der Waals surface area contributed by atoms with Gasteiger partial charge in [-0.2, -0.15) is 5.10 Å². The van der Waals surface area contributed by atoms with Gasteiger partial charge in [0.2, 0.25) is 0 Å². The van der Waals surface area contributed by atoms with E-state index < -0.39 is 0 Å². The van der Waals surface area contributed by atoms with Crippen LogP contribution in [0.15, 0.2) is 54.9 Å². The number of aromatic nitrogens is 3. The Hall–Kier alpha value is -2.66. The van der Waals surface area contributed by atoms with Crippen molar-refractivity contribution in [1.29, 1.82) is 0 Å². The molecule has 6 heteroatoms. The van der Waals surface area contributed by atoms with Crippen molar-refractivity contribution in [3.63, 3.8) is 0 Å². The van der Waals surface area contributed by atoms with Gasteiger partial charge in [0.05, 0.1) is 0 Å². The molecule has 0 aliphatic carbocycles. The average Bonchev–Trinajstić information content (AvgIpc) is 3.10. The highest BCUT2D eigenvalue weighted by Crippen LogP contribution is 2.29. The molecule has 3 aromatic rings. The van der Waals surface area contributed by atoms with E-state index in [2.05, 4.69) is 15.2 Å². The quantitative estimate of drug-likeness (QED) is 0.796. The molecule has 2 heterocycles. The van der Waals surface area contributed by atoms with Gasteiger partial charge in [0.25, 0.3) is 5.91 Å². The van der Waals surface area contributed by atoms with Gasteiger partial charge in [-0.25, -0.2) is 4.98 Å². The molecule has 4 rings (SSSR count). The van der Waals surface area contributed by atoms with E-state index in [4.69, 9.17) is 11.6 Å². The van der Waals surface area contributed by atoms with Crippen LogP contribution in [0.1, 0.15) is 21.8 Å². The predicted molar refractivity (Wildman–Crippen MR) is 91.9 cm³/mol. The van der Waals surface area contributed by atoms with Crippen molar-refractivity contribution < 1.29 is 4.79 Å². The van der Waals surface area contributed by atoms with Crippen molar-refractivity contribution >= 4 is 17.5 Å². The van der Waals surface area contributed by atoms with Gasteiger partial charge < -0.3 is 4.90 Å². The van der Waals surface area contributed by atoms with E-state index in [1.807, 2.05) is 53.4 Å². The van der Waals surface area contributed by atoms with Gasteiger partial charge in [0.15, 0.2) is 5.82 Å². The van der Waals surface area contributed by atoms with E-state index in [1.54, 1.807) is 0 Å². The Morgan fingerprint density at radius 1 is 1.17 bits per heavy atom. The maximum absolute atomic E-state index is 12.6. The van der Waals surface area contributed by atoms with Crippen LogP contribution in [0, 0.1) is 0 Å². The Balaban J connectivity index is 1.46. The molecule has 0 spiro atoms. The molecule has 24 heavy (non-hydrogen) atoms. The fourth-order valence-electron chi connectivity index (χ4n) is 2.92. The van der Waals surface area contributed by atoms with E-state index >= 15 is 0 Å². The van der Waals surface area contributed by atoms with Crippen molar-refractivity contribution in [2.45, 2.75) is 5.92 Å². The number of hydrogen-bond acceptors (Lipinski definition) is 3. The summed E-state index contributed by atoms with van der Waals surface area (Å²) in [6.45, 7) is 1.46. The zero-order valence-electron chi connectivity index (χ0n) is 12.8. The Bertz CT molecular complexity index is 855. The number of nitrogens with zero attached hydrogens (tertiary/aromatic N) is 3. The van der Waals surface area contributed by atoms with Crippen LogP contribution >= 0.6 is 11.6 Å². The van der Waals surface area contributed by atoms with E-state index in [9.17, 15) is 4.79 Å². The van der Waals surface area contributed by atoms with E-state index in [-0.39, 0.29) is 5.91 Å². The number of hydrogen-bond donors (Lipinski definition) is 1. The van der Waals surface area contributed by atoms with Gasteiger partial charge in [-0.1, -0.05) is 35.9 Å². The normalized spacial score (nSPS) is 14.5. The molecular formula is C18H15ClN4O.